The third-order valence-corrected chi connectivity index (χ3v) is 3.94. The fourth-order valence-electron chi connectivity index (χ4n) is 2.75. The highest BCUT2D eigenvalue weighted by molar-refractivity contribution is 6.12. The number of hydrogen-bond acceptors (Lipinski definition) is 5. The van der Waals surface area contributed by atoms with Crippen molar-refractivity contribution >= 4 is 17.5 Å². The molecule has 0 saturated carbocycles. The van der Waals surface area contributed by atoms with E-state index in [0.29, 0.717) is 11.7 Å². The van der Waals surface area contributed by atoms with E-state index in [0.717, 1.165) is 12.1 Å². The van der Waals surface area contributed by atoms with Crippen molar-refractivity contribution in [3.8, 4) is 0 Å². The normalized spacial score (nSPS) is 13.0. The van der Waals surface area contributed by atoms with Gasteiger partial charge in [0, 0.05) is 25.3 Å². The Hall–Kier alpha value is -1.98. The Morgan fingerprint density at radius 1 is 1.17 bits per heavy atom. The lowest BCUT2D eigenvalue weighted by Crippen LogP contribution is -2.59. The van der Waals surface area contributed by atoms with Gasteiger partial charge in [-0.25, -0.2) is 0 Å². The summed E-state index contributed by atoms with van der Waals surface area (Å²) in [5.74, 6) is -0.129. The first-order valence-electron chi connectivity index (χ1n) is 7.84. The van der Waals surface area contributed by atoms with Crippen molar-refractivity contribution in [2.75, 3.05) is 0 Å². The molecule has 1 unspecified atom stereocenters. The van der Waals surface area contributed by atoms with Gasteiger partial charge in [0.05, 0.1) is 5.69 Å². The summed E-state index contributed by atoms with van der Waals surface area (Å²) in [5.41, 5.74) is -0.804. The molecule has 6 nitrogen and oxygen atoms in total. The van der Waals surface area contributed by atoms with Gasteiger partial charge in [0.1, 0.15) is 5.76 Å². The van der Waals surface area contributed by atoms with Gasteiger partial charge in [-0.15, -0.1) is 0 Å². The number of nitrogens with one attached hydrogen (secondary N) is 1. The van der Waals surface area contributed by atoms with E-state index in [9.17, 15) is 14.4 Å². The number of rotatable bonds is 8. The van der Waals surface area contributed by atoms with Crippen LogP contribution in [0.15, 0.2) is 10.6 Å². The standard InChI is InChI=1S/C17H26N2O4/c1-10(2)7-11(3)16-8-15(23-19-16)9-17(12(4)20,13(5)21)18-14(6)22/h8,10-11H,7,9H2,1-6H3,(H,18,22). The minimum Gasteiger partial charge on any atom is -0.361 e. The summed E-state index contributed by atoms with van der Waals surface area (Å²) in [6, 6.07) is 1.76. The van der Waals surface area contributed by atoms with Gasteiger partial charge in [-0.1, -0.05) is 25.9 Å². The summed E-state index contributed by atoms with van der Waals surface area (Å²) in [7, 11) is 0. The first-order chi connectivity index (χ1) is 10.6. The van der Waals surface area contributed by atoms with E-state index < -0.39 is 23.0 Å². The maximum atomic E-state index is 12.0. The second-order valence-corrected chi connectivity index (χ2v) is 6.62. The third kappa shape index (κ3) is 4.74. The first kappa shape index (κ1) is 19.1. The van der Waals surface area contributed by atoms with E-state index >= 15 is 0 Å². The molecule has 1 amide bonds. The maximum Gasteiger partial charge on any atom is 0.218 e. The monoisotopic (exact) mass is 322 g/mol. The summed E-state index contributed by atoms with van der Waals surface area (Å²) in [5, 5.41) is 6.53. The number of carbonyl (C=O) groups is 3. The van der Waals surface area contributed by atoms with Crippen LogP contribution in [0.2, 0.25) is 0 Å². The molecular formula is C17H26N2O4. The van der Waals surface area contributed by atoms with Crippen LogP contribution in [-0.2, 0) is 20.8 Å². The van der Waals surface area contributed by atoms with Crippen molar-refractivity contribution in [1.82, 2.24) is 10.5 Å². The Kier molecular flexibility index (Phi) is 6.24. The predicted molar refractivity (Wildman–Crippen MR) is 86.0 cm³/mol. The molecule has 0 saturated heterocycles. The molecule has 1 aromatic rings. The average molecular weight is 322 g/mol. The van der Waals surface area contributed by atoms with E-state index in [4.69, 9.17) is 4.52 Å². The highest BCUT2D eigenvalue weighted by Gasteiger charge is 2.42. The number of Topliss-reactive ketones (excluding diaryl/α,β-unsaturated/α-hetero) is 2. The molecule has 0 radical (unpaired) electrons. The quantitative estimate of drug-likeness (QED) is 0.742. The summed E-state index contributed by atoms with van der Waals surface area (Å²) in [6.07, 6.45) is 0.931. The molecule has 1 atom stereocenters. The van der Waals surface area contributed by atoms with Crippen LogP contribution < -0.4 is 5.32 Å². The van der Waals surface area contributed by atoms with Gasteiger partial charge in [-0.05, 0) is 26.2 Å². The Morgan fingerprint density at radius 3 is 2.17 bits per heavy atom. The largest absolute Gasteiger partial charge is 0.361 e. The molecule has 1 aromatic heterocycles. The fourth-order valence-corrected chi connectivity index (χ4v) is 2.75. The first-order valence-corrected chi connectivity index (χ1v) is 7.84. The zero-order valence-corrected chi connectivity index (χ0v) is 14.7. The van der Waals surface area contributed by atoms with Crippen molar-refractivity contribution in [2.24, 2.45) is 5.92 Å². The Labute approximate surface area is 137 Å². The van der Waals surface area contributed by atoms with E-state index in [-0.39, 0.29) is 12.3 Å². The second kappa shape index (κ2) is 7.53. The van der Waals surface area contributed by atoms with Crippen LogP contribution in [0.4, 0.5) is 0 Å². The van der Waals surface area contributed by atoms with Crippen LogP contribution in [0, 0.1) is 5.92 Å². The molecular weight excluding hydrogens is 296 g/mol. The van der Waals surface area contributed by atoms with Gasteiger partial charge in [-0.2, -0.15) is 0 Å². The summed E-state index contributed by atoms with van der Waals surface area (Å²) < 4.78 is 5.30. The van der Waals surface area contributed by atoms with Crippen LogP contribution in [0.3, 0.4) is 0 Å². The summed E-state index contributed by atoms with van der Waals surface area (Å²) >= 11 is 0. The van der Waals surface area contributed by atoms with Gasteiger partial charge in [0.2, 0.25) is 5.91 Å². The van der Waals surface area contributed by atoms with Crippen LogP contribution in [-0.4, -0.2) is 28.2 Å². The number of nitrogens with zero attached hydrogens (tertiary/aromatic N) is 1. The van der Waals surface area contributed by atoms with Gasteiger partial charge >= 0.3 is 0 Å². The number of amides is 1. The van der Waals surface area contributed by atoms with Gasteiger partial charge in [0.15, 0.2) is 17.1 Å². The lowest BCUT2D eigenvalue weighted by molar-refractivity contribution is -0.138. The average Bonchev–Trinajstić information content (AvgIpc) is 2.84. The van der Waals surface area contributed by atoms with Crippen molar-refractivity contribution in [3.05, 3.63) is 17.5 Å². The van der Waals surface area contributed by atoms with Crippen molar-refractivity contribution < 1.29 is 18.9 Å². The topological polar surface area (TPSA) is 89.3 Å². The number of ketones is 2. The van der Waals surface area contributed by atoms with Crippen LogP contribution >= 0.6 is 0 Å². The fraction of sp³-hybridized carbons (Fsp3) is 0.647. The van der Waals surface area contributed by atoms with Crippen molar-refractivity contribution in [1.29, 1.82) is 0 Å². The highest BCUT2D eigenvalue weighted by atomic mass is 16.5. The van der Waals surface area contributed by atoms with Gasteiger partial charge in [0.25, 0.3) is 0 Å². The summed E-state index contributed by atoms with van der Waals surface area (Å²) in [6.45, 7) is 10.2. The van der Waals surface area contributed by atoms with Crippen LogP contribution in [0.5, 0.6) is 0 Å². The Bertz CT molecular complexity index is 575. The zero-order valence-electron chi connectivity index (χ0n) is 14.7. The number of carbonyl (C=O) groups excluding carboxylic acids is 3. The molecule has 0 aromatic carbocycles. The maximum absolute atomic E-state index is 12.0. The summed E-state index contributed by atoms with van der Waals surface area (Å²) in [4.78, 5) is 35.5. The van der Waals surface area contributed by atoms with E-state index in [1.54, 1.807) is 6.07 Å². The molecule has 23 heavy (non-hydrogen) atoms. The van der Waals surface area contributed by atoms with Gasteiger partial charge < -0.3 is 9.84 Å². The molecule has 0 fully saturated rings. The number of hydrogen-bond donors (Lipinski definition) is 1. The SMILES string of the molecule is CC(=O)NC(Cc1cc(C(C)CC(C)C)no1)(C(C)=O)C(C)=O. The molecule has 1 N–H and O–H groups in total. The Morgan fingerprint density at radius 2 is 1.74 bits per heavy atom. The molecule has 0 aliphatic heterocycles. The van der Waals surface area contributed by atoms with E-state index in [1.165, 1.54) is 20.8 Å². The lowest BCUT2D eigenvalue weighted by atomic mass is 9.85. The van der Waals surface area contributed by atoms with Crippen molar-refractivity contribution in [3.63, 3.8) is 0 Å². The zero-order chi connectivity index (χ0) is 17.8. The van der Waals surface area contributed by atoms with Gasteiger partial charge in [-0.3, -0.25) is 14.4 Å². The lowest BCUT2D eigenvalue weighted by Gasteiger charge is -2.28. The molecule has 0 aliphatic rings. The second-order valence-electron chi connectivity index (χ2n) is 6.62. The van der Waals surface area contributed by atoms with E-state index in [1.807, 2.05) is 0 Å². The molecule has 1 heterocycles. The molecule has 0 bridgehead atoms. The predicted octanol–water partition coefficient (Wildman–Crippen LogP) is 2.42. The smallest absolute Gasteiger partial charge is 0.218 e. The molecule has 6 heteroatoms. The minimum atomic E-state index is -1.59. The molecule has 128 valence electrons. The molecule has 0 spiro atoms. The molecule has 1 rings (SSSR count). The minimum absolute atomic E-state index is 0.0291. The third-order valence-electron chi connectivity index (χ3n) is 3.94. The van der Waals surface area contributed by atoms with Crippen LogP contribution in [0.25, 0.3) is 0 Å². The molecule has 0 aliphatic carbocycles. The van der Waals surface area contributed by atoms with Crippen LogP contribution in [0.1, 0.15) is 65.3 Å². The number of aromatic nitrogens is 1. The highest BCUT2D eigenvalue weighted by Crippen LogP contribution is 2.25. The van der Waals surface area contributed by atoms with E-state index in [2.05, 4.69) is 31.2 Å². The Balaban J connectivity index is 3.06. The van der Waals surface area contributed by atoms with Crippen molar-refractivity contribution in [2.45, 2.75) is 65.8 Å².